The number of aliphatic hydroxyl groups is 1. The third-order valence-corrected chi connectivity index (χ3v) is 3.41. The Balaban J connectivity index is 0.00000137. The third-order valence-electron chi connectivity index (χ3n) is 3.41. The molecule has 3 nitrogen and oxygen atoms in total. The van der Waals surface area contributed by atoms with Crippen molar-refractivity contribution in [3.63, 3.8) is 0 Å². The standard InChI is InChI=1S/C13H28N2O.C2H6/c1-12-11-14(9-10-16)7-8-15(12)6-5-13(2,3)4;1-2/h12,16H,5-11H2,1-4H3;1-2H3/t12-;/m1./s1. The molecule has 1 aliphatic rings. The van der Waals surface area contributed by atoms with E-state index < -0.39 is 0 Å². The largest absolute Gasteiger partial charge is 0.395 e. The number of piperazine rings is 1. The second-order valence-electron chi connectivity index (χ2n) is 6.22. The van der Waals surface area contributed by atoms with Gasteiger partial charge in [-0.3, -0.25) is 9.80 Å². The van der Waals surface area contributed by atoms with Crippen molar-refractivity contribution in [2.24, 2.45) is 5.41 Å². The number of hydrogen-bond acceptors (Lipinski definition) is 3. The molecule has 0 aromatic heterocycles. The van der Waals surface area contributed by atoms with Crippen molar-refractivity contribution in [2.45, 2.75) is 54.0 Å². The molecule has 18 heavy (non-hydrogen) atoms. The molecule has 0 radical (unpaired) electrons. The average Bonchev–Trinajstić information content (AvgIpc) is 2.30. The molecule has 1 rings (SSSR count). The van der Waals surface area contributed by atoms with Crippen LogP contribution in [0.4, 0.5) is 0 Å². The lowest BCUT2D eigenvalue weighted by atomic mass is 9.92. The predicted molar refractivity (Wildman–Crippen MR) is 80.0 cm³/mol. The summed E-state index contributed by atoms with van der Waals surface area (Å²) in [5, 5.41) is 8.93. The lowest BCUT2D eigenvalue weighted by Crippen LogP contribution is -2.52. The van der Waals surface area contributed by atoms with Gasteiger partial charge in [0.1, 0.15) is 0 Å². The maximum Gasteiger partial charge on any atom is 0.0558 e. The molecule has 1 saturated heterocycles. The fraction of sp³-hybridized carbons (Fsp3) is 1.00. The van der Waals surface area contributed by atoms with Crippen molar-refractivity contribution >= 4 is 0 Å². The van der Waals surface area contributed by atoms with Gasteiger partial charge in [-0.15, -0.1) is 0 Å². The first-order valence-corrected chi connectivity index (χ1v) is 7.49. The molecule has 0 aliphatic carbocycles. The van der Waals surface area contributed by atoms with Gasteiger partial charge >= 0.3 is 0 Å². The Bertz CT molecular complexity index is 201. The van der Waals surface area contributed by atoms with Crippen LogP contribution >= 0.6 is 0 Å². The maximum absolute atomic E-state index is 8.93. The van der Waals surface area contributed by atoms with E-state index in [0.29, 0.717) is 11.5 Å². The topological polar surface area (TPSA) is 26.7 Å². The van der Waals surface area contributed by atoms with Crippen LogP contribution in [0.5, 0.6) is 0 Å². The monoisotopic (exact) mass is 258 g/mol. The van der Waals surface area contributed by atoms with Crippen molar-refractivity contribution in [1.29, 1.82) is 0 Å². The van der Waals surface area contributed by atoms with Crippen LogP contribution in [-0.2, 0) is 0 Å². The molecule has 3 heteroatoms. The van der Waals surface area contributed by atoms with E-state index in [-0.39, 0.29) is 6.61 Å². The van der Waals surface area contributed by atoms with Crippen LogP contribution in [-0.4, -0.2) is 60.3 Å². The first-order chi connectivity index (χ1) is 8.42. The van der Waals surface area contributed by atoms with Gasteiger partial charge in [0.2, 0.25) is 0 Å². The summed E-state index contributed by atoms with van der Waals surface area (Å²) < 4.78 is 0. The minimum atomic E-state index is 0.286. The normalized spacial score (nSPS) is 22.5. The summed E-state index contributed by atoms with van der Waals surface area (Å²) in [6.07, 6.45) is 1.26. The summed E-state index contributed by atoms with van der Waals surface area (Å²) in [6.45, 7) is 18.9. The van der Waals surface area contributed by atoms with Gasteiger partial charge < -0.3 is 5.11 Å². The molecular formula is C15H34N2O. The predicted octanol–water partition coefficient (Wildman–Crippen LogP) is 2.45. The van der Waals surface area contributed by atoms with Crippen LogP contribution in [0.1, 0.15) is 48.0 Å². The van der Waals surface area contributed by atoms with Crippen molar-refractivity contribution < 1.29 is 5.11 Å². The van der Waals surface area contributed by atoms with Crippen LogP contribution in [0.25, 0.3) is 0 Å². The average molecular weight is 258 g/mol. The van der Waals surface area contributed by atoms with Crippen LogP contribution in [0, 0.1) is 5.41 Å². The van der Waals surface area contributed by atoms with Crippen LogP contribution in [0.15, 0.2) is 0 Å². The molecule has 0 bridgehead atoms. The molecule has 1 atom stereocenters. The number of hydrogen-bond donors (Lipinski definition) is 1. The number of nitrogens with zero attached hydrogens (tertiary/aromatic N) is 2. The van der Waals surface area contributed by atoms with Crippen molar-refractivity contribution in [3.8, 4) is 0 Å². The zero-order valence-corrected chi connectivity index (χ0v) is 13.4. The number of aliphatic hydroxyl groups excluding tert-OH is 1. The molecular weight excluding hydrogens is 224 g/mol. The number of rotatable bonds is 4. The summed E-state index contributed by atoms with van der Waals surface area (Å²) in [4.78, 5) is 4.94. The molecule has 1 heterocycles. The Morgan fingerprint density at radius 3 is 2.17 bits per heavy atom. The molecule has 1 N–H and O–H groups in total. The van der Waals surface area contributed by atoms with Gasteiger partial charge in [0, 0.05) is 32.2 Å². The fourth-order valence-corrected chi connectivity index (χ4v) is 2.23. The number of β-amino-alcohol motifs (C(OH)–C–C–N with tert-alkyl or cyclic N) is 1. The van der Waals surface area contributed by atoms with Gasteiger partial charge in [-0.25, -0.2) is 0 Å². The summed E-state index contributed by atoms with van der Waals surface area (Å²) >= 11 is 0. The fourth-order valence-electron chi connectivity index (χ4n) is 2.23. The van der Waals surface area contributed by atoms with E-state index in [4.69, 9.17) is 5.11 Å². The van der Waals surface area contributed by atoms with Gasteiger partial charge in [-0.05, 0) is 25.3 Å². The first kappa shape index (κ1) is 17.9. The molecule has 0 aromatic carbocycles. The first-order valence-electron chi connectivity index (χ1n) is 7.49. The van der Waals surface area contributed by atoms with E-state index >= 15 is 0 Å². The Morgan fingerprint density at radius 2 is 1.72 bits per heavy atom. The van der Waals surface area contributed by atoms with E-state index in [9.17, 15) is 0 Å². The quantitative estimate of drug-likeness (QED) is 0.839. The lowest BCUT2D eigenvalue weighted by Gasteiger charge is -2.40. The molecule has 0 saturated carbocycles. The van der Waals surface area contributed by atoms with Gasteiger partial charge in [0.25, 0.3) is 0 Å². The van der Waals surface area contributed by atoms with E-state index in [1.165, 1.54) is 13.0 Å². The van der Waals surface area contributed by atoms with Gasteiger partial charge in [0.05, 0.1) is 6.61 Å². The molecule has 0 aromatic rings. The molecule has 1 aliphatic heterocycles. The highest BCUT2D eigenvalue weighted by atomic mass is 16.3. The van der Waals surface area contributed by atoms with Crippen LogP contribution in [0.2, 0.25) is 0 Å². The second kappa shape index (κ2) is 8.89. The smallest absolute Gasteiger partial charge is 0.0558 e. The van der Waals surface area contributed by atoms with E-state index in [2.05, 4.69) is 37.5 Å². The summed E-state index contributed by atoms with van der Waals surface area (Å²) in [6, 6.07) is 0.627. The zero-order valence-electron chi connectivity index (χ0n) is 13.4. The highest BCUT2D eigenvalue weighted by molar-refractivity contribution is 4.80. The van der Waals surface area contributed by atoms with Crippen molar-refractivity contribution in [3.05, 3.63) is 0 Å². The van der Waals surface area contributed by atoms with Gasteiger partial charge in [-0.2, -0.15) is 0 Å². The highest BCUT2D eigenvalue weighted by Gasteiger charge is 2.24. The molecule has 110 valence electrons. The Hall–Kier alpha value is -0.120. The van der Waals surface area contributed by atoms with E-state index in [0.717, 1.165) is 26.2 Å². The highest BCUT2D eigenvalue weighted by Crippen LogP contribution is 2.20. The lowest BCUT2D eigenvalue weighted by molar-refractivity contribution is 0.0642. The minimum absolute atomic E-state index is 0.286. The summed E-state index contributed by atoms with van der Waals surface area (Å²) in [5.41, 5.74) is 0.432. The minimum Gasteiger partial charge on any atom is -0.395 e. The van der Waals surface area contributed by atoms with Gasteiger partial charge in [0.15, 0.2) is 0 Å². The third kappa shape index (κ3) is 7.34. The van der Waals surface area contributed by atoms with Crippen LogP contribution in [0.3, 0.4) is 0 Å². The zero-order chi connectivity index (χ0) is 14.2. The molecule has 0 spiro atoms. The maximum atomic E-state index is 8.93. The van der Waals surface area contributed by atoms with E-state index in [1.54, 1.807) is 0 Å². The molecule has 0 amide bonds. The SMILES string of the molecule is CC.C[C@@H]1CN(CCO)CCN1CCC(C)(C)C. The van der Waals surface area contributed by atoms with Crippen molar-refractivity contribution in [2.75, 3.05) is 39.3 Å². The summed E-state index contributed by atoms with van der Waals surface area (Å²) in [7, 11) is 0. The molecule has 1 fully saturated rings. The van der Waals surface area contributed by atoms with Gasteiger partial charge in [-0.1, -0.05) is 34.6 Å². The Morgan fingerprint density at radius 1 is 1.11 bits per heavy atom. The van der Waals surface area contributed by atoms with E-state index in [1.807, 2.05) is 13.8 Å². The van der Waals surface area contributed by atoms with Crippen molar-refractivity contribution in [1.82, 2.24) is 9.80 Å². The Kier molecular flexibility index (Phi) is 8.83. The Labute approximate surface area is 114 Å². The summed E-state index contributed by atoms with van der Waals surface area (Å²) in [5.74, 6) is 0. The second-order valence-corrected chi connectivity index (χ2v) is 6.22. The van der Waals surface area contributed by atoms with Crippen LogP contribution < -0.4 is 0 Å². The molecule has 0 unspecified atom stereocenters.